The van der Waals surface area contributed by atoms with Crippen LogP contribution in [-0.2, 0) is 11.2 Å². The van der Waals surface area contributed by atoms with E-state index in [1.54, 1.807) is 30.0 Å². The van der Waals surface area contributed by atoms with Gasteiger partial charge in [-0.05, 0) is 30.3 Å². The van der Waals surface area contributed by atoms with E-state index >= 15 is 0 Å². The molecule has 1 amide bonds. The Morgan fingerprint density at radius 3 is 1.96 bits per heavy atom. The van der Waals surface area contributed by atoms with Gasteiger partial charge in [0.1, 0.15) is 6.42 Å². The Morgan fingerprint density at radius 1 is 0.875 bits per heavy atom. The summed E-state index contributed by atoms with van der Waals surface area (Å²) in [5.74, 6) is -0.150. The van der Waals surface area contributed by atoms with E-state index < -0.39 is 0 Å². The van der Waals surface area contributed by atoms with Gasteiger partial charge in [-0.1, -0.05) is 36.4 Å². The number of carbonyl (C=O) groups excluding carboxylic acids is 1. The topological polar surface area (TPSA) is 47.2 Å². The maximum atomic E-state index is 13.0. The van der Waals surface area contributed by atoms with Crippen LogP contribution in [0.15, 0.2) is 78.9 Å². The molecule has 4 nitrogen and oxygen atoms in total. The third kappa shape index (κ3) is 3.27. The zero-order valence-electron chi connectivity index (χ0n) is 13.4. The summed E-state index contributed by atoms with van der Waals surface area (Å²) in [6.07, 6.45) is 0.0367. The summed E-state index contributed by atoms with van der Waals surface area (Å²) in [6.45, 7) is 1.73. The standard InChI is InChI=1S/C20H18N2O2/c1-16-9-8-14-19(22(16)24)15-20(23)21(17-10-4-2-5-11-17)18-12-6-3-7-13-18/h2-14H,15H2,1H3. The lowest BCUT2D eigenvalue weighted by atomic mass is 10.2. The van der Waals surface area contributed by atoms with E-state index in [0.29, 0.717) is 11.4 Å². The van der Waals surface area contributed by atoms with Crippen molar-refractivity contribution in [3.63, 3.8) is 0 Å². The molecule has 0 saturated heterocycles. The molecule has 0 bridgehead atoms. The summed E-state index contributed by atoms with van der Waals surface area (Å²) in [5, 5.41) is 12.1. The summed E-state index contributed by atoms with van der Waals surface area (Å²) >= 11 is 0. The Kier molecular flexibility index (Phi) is 4.57. The third-order valence-electron chi connectivity index (χ3n) is 3.82. The highest BCUT2D eigenvalue weighted by molar-refractivity contribution is 6.01. The maximum Gasteiger partial charge on any atom is 0.242 e. The molecule has 0 radical (unpaired) electrons. The van der Waals surface area contributed by atoms with Crippen LogP contribution >= 0.6 is 0 Å². The van der Waals surface area contributed by atoms with Gasteiger partial charge in [-0.3, -0.25) is 9.69 Å². The van der Waals surface area contributed by atoms with Gasteiger partial charge in [0.2, 0.25) is 11.6 Å². The average Bonchev–Trinajstić information content (AvgIpc) is 2.61. The molecule has 3 aromatic rings. The van der Waals surface area contributed by atoms with Gasteiger partial charge in [-0.15, -0.1) is 0 Å². The van der Waals surface area contributed by atoms with Crippen molar-refractivity contribution >= 4 is 17.3 Å². The van der Waals surface area contributed by atoms with Crippen LogP contribution in [0.2, 0.25) is 0 Å². The zero-order chi connectivity index (χ0) is 16.9. The van der Waals surface area contributed by atoms with Crippen molar-refractivity contribution in [3.05, 3.63) is 95.5 Å². The molecule has 0 atom stereocenters. The lowest BCUT2D eigenvalue weighted by Crippen LogP contribution is -2.38. The number of para-hydroxylation sites is 2. The molecule has 4 heteroatoms. The van der Waals surface area contributed by atoms with Crippen molar-refractivity contribution in [2.75, 3.05) is 4.90 Å². The van der Waals surface area contributed by atoms with Gasteiger partial charge in [0, 0.05) is 30.4 Å². The van der Waals surface area contributed by atoms with Crippen LogP contribution in [0.5, 0.6) is 0 Å². The molecule has 3 rings (SSSR count). The number of aryl methyl sites for hydroxylation is 1. The fourth-order valence-corrected chi connectivity index (χ4v) is 2.62. The van der Waals surface area contributed by atoms with Crippen molar-refractivity contribution in [2.45, 2.75) is 13.3 Å². The van der Waals surface area contributed by atoms with Crippen LogP contribution in [0.4, 0.5) is 11.4 Å². The highest BCUT2D eigenvalue weighted by atomic mass is 16.5. The summed E-state index contributed by atoms with van der Waals surface area (Å²) in [6, 6.07) is 24.1. The Bertz CT molecular complexity index is 793. The molecule has 0 aliphatic rings. The number of rotatable bonds is 4. The predicted molar refractivity (Wildman–Crippen MR) is 93.9 cm³/mol. The monoisotopic (exact) mass is 318 g/mol. The molecule has 120 valence electrons. The molecule has 24 heavy (non-hydrogen) atoms. The smallest absolute Gasteiger partial charge is 0.242 e. The quantitative estimate of drug-likeness (QED) is 0.546. The predicted octanol–water partition coefficient (Wildman–Crippen LogP) is 3.54. The average molecular weight is 318 g/mol. The zero-order valence-corrected chi connectivity index (χ0v) is 13.4. The molecule has 0 saturated carbocycles. The van der Waals surface area contributed by atoms with E-state index in [1.165, 1.54) is 0 Å². The molecular weight excluding hydrogens is 300 g/mol. The largest absolute Gasteiger partial charge is 0.618 e. The molecule has 0 unspecified atom stereocenters. The van der Waals surface area contributed by atoms with E-state index in [9.17, 15) is 10.0 Å². The van der Waals surface area contributed by atoms with E-state index in [-0.39, 0.29) is 12.3 Å². The molecule has 0 N–H and O–H groups in total. The van der Waals surface area contributed by atoms with Crippen molar-refractivity contribution < 1.29 is 9.52 Å². The molecule has 0 aliphatic heterocycles. The van der Waals surface area contributed by atoms with Gasteiger partial charge >= 0.3 is 0 Å². The third-order valence-corrected chi connectivity index (χ3v) is 3.82. The second-order valence-corrected chi connectivity index (χ2v) is 5.53. The fraction of sp³-hybridized carbons (Fsp3) is 0.100. The first-order chi connectivity index (χ1) is 11.7. The number of amides is 1. The van der Waals surface area contributed by atoms with E-state index in [2.05, 4.69) is 0 Å². The minimum absolute atomic E-state index is 0.0367. The van der Waals surface area contributed by atoms with Gasteiger partial charge in [0.05, 0.1) is 0 Å². The molecule has 1 aromatic heterocycles. The lowest BCUT2D eigenvalue weighted by molar-refractivity contribution is -0.620. The Hall–Kier alpha value is -3.14. The summed E-state index contributed by atoms with van der Waals surface area (Å²) in [5.41, 5.74) is 2.57. The second kappa shape index (κ2) is 6.96. The SMILES string of the molecule is Cc1cccc(CC(=O)N(c2ccccc2)c2ccccc2)[n+]1[O-]. The maximum absolute atomic E-state index is 13.0. The van der Waals surface area contributed by atoms with Gasteiger partial charge in [0.15, 0.2) is 5.69 Å². The number of anilines is 2. The first-order valence-corrected chi connectivity index (χ1v) is 7.78. The molecule has 2 aromatic carbocycles. The Balaban J connectivity index is 1.97. The Labute approximate surface area is 141 Å². The number of hydrogen-bond acceptors (Lipinski definition) is 2. The summed E-state index contributed by atoms with van der Waals surface area (Å²) < 4.78 is 0.812. The van der Waals surface area contributed by atoms with Gasteiger partial charge in [-0.2, -0.15) is 4.73 Å². The number of aromatic nitrogens is 1. The lowest BCUT2D eigenvalue weighted by Gasteiger charge is -2.23. The van der Waals surface area contributed by atoms with Crippen molar-refractivity contribution in [1.82, 2.24) is 0 Å². The number of carbonyl (C=O) groups is 1. The van der Waals surface area contributed by atoms with Crippen LogP contribution in [0.3, 0.4) is 0 Å². The van der Waals surface area contributed by atoms with Gasteiger partial charge < -0.3 is 5.21 Å². The van der Waals surface area contributed by atoms with E-state index in [4.69, 9.17) is 0 Å². The second-order valence-electron chi connectivity index (χ2n) is 5.53. The van der Waals surface area contributed by atoms with E-state index in [1.807, 2.05) is 60.7 Å². The molecular formula is C20H18N2O2. The minimum Gasteiger partial charge on any atom is -0.618 e. The molecule has 0 aliphatic carbocycles. The molecule has 1 heterocycles. The molecule has 0 fully saturated rings. The molecule has 0 spiro atoms. The van der Waals surface area contributed by atoms with Crippen LogP contribution in [0, 0.1) is 12.1 Å². The number of pyridine rings is 1. The fourth-order valence-electron chi connectivity index (χ4n) is 2.62. The van der Waals surface area contributed by atoms with Crippen molar-refractivity contribution in [3.8, 4) is 0 Å². The van der Waals surface area contributed by atoms with Gasteiger partial charge in [-0.25, -0.2) is 0 Å². The first kappa shape index (κ1) is 15.7. The summed E-state index contributed by atoms with van der Waals surface area (Å²) in [7, 11) is 0. The number of benzene rings is 2. The van der Waals surface area contributed by atoms with Crippen molar-refractivity contribution in [2.24, 2.45) is 0 Å². The van der Waals surface area contributed by atoms with Crippen LogP contribution in [-0.4, -0.2) is 5.91 Å². The minimum atomic E-state index is -0.150. The van der Waals surface area contributed by atoms with E-state index in [0.717, 1.165) is 16.1 Å². The summed E-state index contributed by atoms with van der Waals surface area (Å²) in [4.78, 5) is 14.6. The normalized spacial score (nSPS) is 10.4. The van der Waals surface area contributed by atoms with Crippen LogP contribution < -0.4 is 9.63 Å². The van der Waals surface area contributed by atoms with Crippen LogP contribution in [0.1, 0.15) is 11.4 Å². The highest BCUT2D eigenvalue weighted by Crippen LogP contribution is 2.25. The van der Waals surface area contributed by atoms with Crippen LogP contribution in [0.25, 0.3) is 0 Å². The van der Waals surface area contributed by atoms with Gasteiger partial charge in [0.25, 0.3) is 0 Å². The highest BCUT2D eigenvalue weighted by Gasteiger charge is 2.21. The van der Waals surface area contributed by atoms with Crippen molar-refractivity contribution in [1.29, 1.82) is 0 Å². The number of nitrogens with zero attached hydrogens (tertiary/aromatic N) is 2. The number of hydrogen-bond donors (Lipinski definition) is 0. The first-order valence-electron chi connectivity index (χ1n) is 7.78. The Morgan fingerprint density at radius 2 is 1.42 bits per heavy atom.